The molecule has 2 heterocycles. The van der Waals surface area contributed by atoms with Gasteiger partial charge in [-0.2, -0.15) is 0 Å². The van der Waals surface area contributed by atoms with E-state index < -0.39 is 0 Å². The van der Waals surface area contributed by atoms with Gasteiger partial charge in [-0.05, 0) is 31.9 Å². The van der Waals surface area contributed by atoms with E-state index in [4.69, 9.17) is 14.0 Å². The molecule has 23 heavy (non-hydrogen) atoms. The number of carbonyl (C=O) groups excluding carboxylic acids is 1. The van der Waals surface area contributed by atoms with Crippen LogP contribution >= 0.6 is 0 Å². The first-order chi connectivity index (χ1) is 11.1. The van der Waals surface area contributed by atoms with Crippen LogP contribution in [0.2, 0.25) is 0 Å². The number of nitrogens with zero attached hydrogens (tertiary/aromatic N) is 1. The first-order valence-electron chi connectivity index (χ1n) is 7.58. The molecule has 1 aromatic heterocycles. The summed E-state index contributed by atoms with van der Waals surface area (Å²) in [5, 5.41) is 6.84. The van der Waals surface area contributed by atoms with E-state index in [1.807, 2.05) is 32.0 Å². The molecule has 0 unspecified atom stereocenters. The fourth-order valence-corrected chi connectivity index (χ4v) is 2.80. The Hall–Kier alpha value is -2.50. The Morgan fingerprint density at radius 1 is 1.43 bits per heavy atom. The van der Waals surface area contributed by atoms with Gasteiger partial charge in [-0.25, -0.2) is 0 Å². The molecular weight excluding hydrogens is 296 g/mol. The monoisotopic (exact) mass is 316 g/mol. The van der Waals surface area contributed by atoms with Gasteiger partial charge in [0.2, 0.25) is 5.91 Å². The van der Waals surface area contributed by atoms with Gasteiger partial charge in [-0.15, -0.1) is 0 Å². The molecule has 6 nitrogen and oxygen atoms in total. The van der Waals surface area contributed by atoms with Gasteiger partial charge in [0.05, 0.1) is 18.7 Å². The van der Waals surface area contributed by atoms with Crippen molar-refractivity contribution in [3.63, 3.8) is 0 Å². The molecule has 0 radical (unpaired) electrons. The van der Waals surface area contributed by atoms with Crippen LogP contribution in [0, 0.1) is 19.8 Å². The van der Waals surface area contributed by atoms with Gasteiger partial charge in [0.1, 0.15) is 12.4 Å². The number of aryl methyl sites for hydroxylation is 2. The largest absolute Gasteiger partial charge is 0.493 e. The van der Waals surface area contributed by atoms with Crippen molar-refractivity contribution in [1.29, 1.82) is 0 Å². The zero-order valence-electron chi connectivity index (χ0n) is 13.5. The summed E-state index contributed by atoms with van der Waals surface area (Å²) in [7, 11) is 1.61. The minimum Gasteiger partial charge on any atom is -0.493 e. The molecule has 0 saturated carbocycles. The van der Waals surface area contributed by atoms with Gasteiger partial charge >= 0.3 is 0 Å². The SMILES string of the molecule is COc1cccc2c1OC[C@@H](C(=O)NCc1c(C)noc1C)C2. The second-order valence-corrected chi connectivity index (χ2v) is 5.68. The molecule has 1 atom stereocenters. The van der Waals surface area contributed by atoms with Crippen molar-refractivity contribution in [3.05, 3.63) is 40.8 Å². The Balaban J connectivity index is 1.65. The van der Waals surface area contributed by atoms with Crippen molar-refractivity contribution < 1.29 is 18.8 Å². The highest BCUT2D eigenvalue weighted by Crippen LogP contribution is 2.36. The van der Waals surface area contributed by atoms with Gasteiger partial charge in [0.25, 0.3) is 0 Å². The third kappa shape index (κ3) is 3.02. The van der Waals surface area contributed by atoms with Crippen LogP contribution in [0.25, 0.3) is 0 Å². The van der Waals surface area contributed by atoms with Gasteiger partial charge in [-0.1, -0.05) is 17.3 Å². The van der Waals surface area contributed by atoms with E-state index in [1.165, 1.54) is 0 Å². The molecule has 6 heteroatoms. The first kappa shape index (κ1) is 15.4. The number of hydrogen-bond acceptors (Lipinski definition) is 5. The second-order valence-electron chi connectivity index (χ2n) is 5.68. The number of carbonyl (C=O) groups is 1. The molecule has 1 aromatic carbocycles. The minimum absolute atomic E-state index is 0.0292. The molecule has 0 spiro atoms. The highest BCUT2D eigenvalue weighted by Gasteiger charge is 2.28. The van der Waals surface area contributed by atoms with Gasteiger partial charge < -0.3 is 19.3 Å². The van der Waals surface area contributed by atoms with Crippen LogP contribution in [0.15, 0.2) is 22.7 Å². The lowest BCUT2D eigenvalue weighted by Gasteiger charge is -2.25. The summed E-state index contributed by atoms with van der Waals surface area (Å²) >= 11 is 0. The number of fused-ring (bicyclic) bond motifs is 1. The summed E-state index contributed by atoms with van der Waals surface area (Å²) in [6, 6.07) is 5.73. The molecule has 1 aliphatic heterocycles. The predicted octanol–water partition coefficient (Wildman–Crippen LogP) is 2.17. The van der Waals surface area contributed by atoms with E-state index in [0.29, 0.717) is 25.3 Å². The van der Waals surface area contributed by atoms with Gasteiger partial charge in [0.15, 0.2) is 11.5 Å². The number of para-hydroxylation sites is 1. The number of rotatable bonds is 4. The van der Waals surface area contributed by atoms with E-state index in [-0.39, 0.29) is 11.8 Å². The zero-order chi connectivity index (χ0) is 16.4. The summed E-state index contributed by atoms with van der Waals surface area (Å²) in [6.45, 7) is 4.47. The lowest BCUT2D eigenvalue weighted by molar-refractivity contribution is -0.126. The van der Waals surface area contributed by atoms with Crippen LogP contribution in [0.4, 0.5) is 0 Å². The smallest absolute Gasteiger partial charge is 0.227 e. The van der Waals surface area contributed by atoms with Crippen molar-refractivity contribution in [2.24, 2.45) is 5.92 Å². The number of methoxy groups -OCH3 is 1. The molecule has 122 valence electrons. The molecular formula is C17H20N2O4. The van der Waals surface area contributed by atoms with Crippen molar-refractivity contribution in [3.8, 4) is 11.5 Å². The number of aromatic nitrogens is 1. The van der Waals surface area contributed by atoms with Crippen LogP contribution < -0.4 is 14.8 Å². The number of amides is 1. The molecule has 1 amide bonds. The Morgan fingerprint density at radius 3 is 2.96 bits per heavy atom. The standard InChI is InChI=1S/C17H20N2O4/c1-10-14(11(2)23-19-10)8-18-17(20)13-7-12-5-4-6-15(21-3)16(12)22-9-13/h4-6,13H,7-9H2,1-3H3,(H,18,20)/t13-/m0/s1. The summed E-state index contributed by atoms with van der Waals surface area (Å²) < 4.78 is 16.1. The van der Waals surface area contributed by atoms with Gasteiger partial charge in [0, 0.05) is 12.1 Å². The van der Waals surface area contributed by atoms with Crippen molar-refractivity contribution in [2.75, 3.05) is 13.7 Å². The molecule has 0 saturated heterocycles. The maximum absolute atomic E-state index is 12.4. The minimum atomic E-state index is -0.213. The van der Waals surface area contributed by atoms with Crippen LogP contribution in [-0.4, -0.2) is 24.8 Å². The summed E-state index contributed by atoms with van der Waals surface area (Å²) in [5.41, 5.74) is 2.73. The highest BCUT2D eigenvalue weighted by atomic mass is 16.5. The molecule has 0 fully saturated rings. The Morgan fingerprint density at radius 2 is 2.26 bits per heavy atom. The molecule has 1 aliphatic rings. The summed E-state index contributed by atoms with van der Waals surface area (Å²) in [6.07, 6.45) is 0.639. The molecule has 0 bridgehead atoms. The molecule has 2 aromatic rings. The van der Waals surface area contributed by atoms with E-state index in [9.17, 15) is 4.79 Å². The van der Waals surface area contributed by atoms with Gasteiger partial charge in [-0.3, -0.25) is 4.79 Å². The van der Waals surface area contributed by atoms with Crippen LogP contribution in [0.5, 0.6) is 11.5 Å². The fourth-order valence-electron chi connectivity index (χ4n) is 2.80. The Kier molecular flexibility index (Phi) is 4.23. The predicted molar refractivity (Wildman–Crippen MR) is 83.5 cm³/mol. The summed E-state index contributed by atoms with van der Waals surface area (Å²) in [4.78, 5) is 12.4. The first-order valence-corrected chi connectivity index (χ1v) is 7.58. The fraction of sp³-hybridized carbons (Fsp3) is 0.412. The molecule has 3 rings (SSSR count). The second kappa shape index (κ2) is 6.32. The van der Waals surface area contributed by atoms with Crippen molar-refractivity contribution in [2.45, 2.75) is 26.8 Å². The number of ether oxygens (including phenoxy) is 2. The van der Waals surface area contributed by atoms with Crippen LogP contribution in [-0.2, 0) is 17.8 Å². The topological polar surface area (TPSA) is 73.6 Å². The van der Waals surface area contributed by atoms with Crippen molar-refractivity contribution >= 4 is 5.91 Å². The molecule has 0 aliphatic carbocycles. The molecule has 1 N–H and O–H groups in total. The van der Waals surface area contributed by atoms with E-state index in [0.717, 1.165) is 28.3 Å². The maximum Gasteiger partial charge on any atom is 0.227 e. The number of hydrogen-bond donors (Lipinski definition) is 1. The van der Waals surface area contributed by atoms with Crippen LogP contribution in [0.3, 0.4) is 0 Å². The van der Waals surface area contributed by atoms with Crippen LogP contribution in [0.1, 0.15) is 22.6 Å². The third-order valence-corrected chi connectivity index (χ3v) is 4.17. The van der Waals surface area contributed by atoms with E-state index in [2.05, 4.69) is 10.5 Å². The number of nitrogens with one attached hydrogen (secondary N) is 1. The average molecular weight is 316 g/mol. The Labute approximate surface area is 134 Å². The average Bonchev–Trinajstić information content (AvgIpc) is 2.89. The Bertz CT molecular complexity index is 704. The highest BCUT2D eigenvalue weighted by molar-refractivity contribution is 5.79. The van der Waals surface area contributed by atoms with Crippen molar-refractivity contribution in [1.82, 2.24) is 10.5 Å². The summed E-state index contributed by atoms with van der Waals surface area (Å²) in [5.74, 6) is 1.94. The maximum atomic E-state index is 12.4. The quantitative estimate of drug-likeness (QED) is 0.936. The zero-order valence-corrected chi connectivity index (χ0v) is 13.5. The normalized spacial score (nSPS) is 16.4. The van der Waals surface area contributed by atoms with E-state index >= 15 is 0 Å². The lowest BCUT2D eigenvalue weighted by Crippen LogP contribution is -2.37. The third-order valence-electron chi connectivity index (χ3n) is 4.17. The van der Waals surface area contributed by atoms with E-state index in [1.54, 1.807) is 7.11 Å². The lowest BCUT2D eigenvalue weighted by atomic mass is 9.95. The number of benzene rings is 1.